The second-order valence-electron chi connectivity index (χ2n) is 5.18. The van der Waals surface area contributed by atoms with Crippen molar-refractivity contribution in [1.29, 1.82) is 0 Å². The van der Waals surface area contributed by atoms with Gasteiger partial charge in [-0.15, -0.1) is 0 Å². The van der Waals surface area contributed by atoms with Gasteiger partial charge in [-0.3, -0.25) is 14.9 Å². The fourth-order valence-corrected chi connectivity index (χ4v) is 2.17. The smallest absolute Gasteiger partial charge is 0.273 e. The Kier molecular flexibility index (Phi) is 3.70. The number of hydrogen-bond acceptors (Lipinski definition) is 3. The number of rotatable bonds is 3. The van der Waals surface area contributed by atoms with Crippen LogP contribution in [0.1, 0.15) is 21.6 Å². The second kappa shape index (κ2) is 5.81. The van der Waals surface area contributed by atoms with Gasteiger partial charge in [0.1, 0.15) is 5.69 Å². The van der Waals surface area contributed by atoms with Crippen LogP contribution in [0.2, 0.25) is 0 Å². The third-order valence-electron chi connectivity index (χ3n) is 3.44. The highest BCUT2D eigenvalue weighted by Gasteiger charge is 2.12. The molecule has 0 fully saturated rings. The molecule has 3 aromatic rings. The Morgan fingerprint density at radius 1 is 1.09 bits per heavy atom. The number of pyridine rings is 1. The van der Waals surface area contributed by atoms with Gasteiger partial charge in [0.2, 0.25) is 0 Å². The van der Waals surface area contributed by atoms with Crippen LogP contribution >= 0.6 is 0 Å². The zero-order valence-electron chi connectivity index (χ0n) is 12.4. The molecular weight excluding hydrogens is 276 g/mol. The molecule has 22 heavy (non-hydrogen) atoms. The van der Waals surface area contributed by atoms with Crippen LogP contribution in [0.25, 0.3) is 11.3 Å². The third-order valence-corrected chi connectivity index (χ3v) is 3.44. The molecule has 2 heterocycles. The minimum Gasteiger partial charge on any atom is -0.320 e. The summed E-state index contributed by atoms with van der Waals surface area (Å²) in [5.74, 6) is -0.207. The van der Waals surface area contributed by atoms with Crippen molar-refractivity contribution >= 4 is 11.6 Å². The normalized spacial score (nSPS) is 10.5. The average Bonchev–Trinajstić information content (AvgIpc) is 3.02. The number of anilines is 1. The Morgan fingerprint density at radius 2 is 1.86 bits per heavy atom. The summed E-state index contributed by atoms with van der Waals surface area (Å²) in [5.41, 5.74) is 4.99. The highest BCUT2D eigenvalue weighted by Crippen LogP contribution is 2.19. The van der Waals surface area contributed by atoms with E-state index in [1.165, 1.54) is 0 Å². The summed E-state index contributed by atoms with van der Waals surface area (Å²) < 4.78 is 0. The lowest BCUT2D eigenvalue weighted by molar-refractivity contribution is 0.102. The fourth-order valence-electron chi connectivity index (χ4n) is 2.17. The highest BCUT2D eigenvalue weighted by atomic mass is 16.1. The number of benzene rings is 1. The van der Waals surface area contributed by atoms with Crippen LogP contribution in [-0.4, -0.2) is 21.1 Å². The molecule has 0 aliphatic heterocycles. The van der Waals surface area contributed by atoms with E-state index in [2.05, 4.69) is 20.5 Å². The fraction of sp³-hybridized carbons (Fsp3) is 0.118. The Morgan fingerprint density at radius 3 is 2.64 bits per heavy atom. The Labute approximate surface area is 128 Å². The number of nitrogens with one attached hydrogen (secondary N) is 2. The van der Waals surface area contributed by atoms with Crippen LogP contribution in [-0.2, 0) is 0 Å². The zero-order valence-corrected chi connectivity index (χ0v) is 12.4. The van der Waals surface area contributed by atoms with Gasteiger partial charge in [0.05, 0.1) is 5.69 Å². The molecule has 2 N–H and O–H groups in total. The predicted octanol–water partition coefficient (Wildman–Crippen LogP) is 3.34. The molecule has 0 aliphatic carbocycles. The summed E-state index contributed by atoms with van der Waals surface area (Å²) in [5, 5.41) is 9.86. The third kappa shape index (κ3) is 2.88. The first-order valence-electron chi connectivity index (χ1n) is 6.98. The number of carbonyl (C=O) groups is 1. The van der Waals surface area contributed by atoms with Crippen LogP contribution in [0, 0.1) is 13.8 Å². The lowest BCUT2D eigenvalue weighted by Gasteiger charge is -2.08. The molecular formula is C17H16N4O. The van der Waals surface area contributed by atoms with Gasteiger partial charge in [0, 0.05) is 23.6 Å². The van der Waals surface area contributed by atoms with E-state index in [4.69, 9.17) is 0 Å². The van der Waals surface area contributed by atoms with Crippen molar-refractivity contribution < 1.29 is 4.79 Å². The van der Waals surface area contributed by atoms with Crippen LogP contribution in [0.3, 0.4) is 0 Å². The monoisotopic (exact) mass is 292 g/mol. The van der Waals surface area contributed by atoms with E-state index in [1.807, 2.05) is 44.2 Å². The Balaban J connectivity index is 1.81. The van der Waals surface area contributed by atoms with E-state index < -0.39 is 0 Å². The zero-order chi connectivity index (χ0) is 15.5. The molecule has 0 atom stereocenters. The largest absolute Gasteiger partial charge is 0.320 e. The van der Waals surface area contributed by atoms with E-state index in [0.29, 0.717) is 11.4 Å². The molecule has 0 unspecified atom stereocenters. The Hall–Kier alpha value is -2.95. The van der Waals surface area contributed by atoms with Crippen LogP contribution in [0.4, 0.5) is 5.69 Å². The van der Waals surface area contributed by atoms with Crippen LogP contribution in [0.15, 0.2) is 48.8 Å². The van der Waals surface area contributed by atoms with E-state index >= 15 is 0 Å². The van der Waals surface area contributed by atoms with Gasteiger partial charge in [-0.25, -0.2) is 0 Å². The SMILES string of the molecule is Cc1ccc(C)c(NC(=O)c2cc(-c3ccncc3)n[nH]2)c1. The van der Waals surface area contributed by atoms with Crippen molar-refractivity contribution in [3.8, 4) is 11.3 Å². The summed E-state index contributed by atoms with van der Waals surface area (Å²) in [6, 6.07) is 11.4. The molecule has 110 valence electrons. The van der Waals surface area contributed by atoms with Crippen molar-refractivity contribution in [3.05, 3.63) is 65.6 Å². The number of aromatic nitrogens is 3. The second-order valence-corrected chi connectivity index (χ2v) is 5.18. The van der Waals surface area contributed by atoms with E-state index in [0.717, 1.165) is 22.4 Å². The van der Waals surface area contributed by atoms with Gasteiger partial charge < -0.3 is 5.32 Å². The summed E-state index contributed by atoms with van der Waals surface area (Å²) in [4.78, 5) is 16.3. The quantitative estimate of drug-likeness (QED) is 0.777. The molecule has 0 aliphatic rings. The maximum absolute atomic E-state index is 12.3. The molecule has 0 spiro atoms. The number of aromatic amines is 1. The van der Waals surface area contributed by atoms with Gasteiger partial charge in [-0.05, 0) is 49.2 Å². The molecule has 1 amide bonds. The average molecular weight is 292 g/mol. The molecule has 5 heteroatoms. The van der Waals surface area contributed by atoms with Crippen molar-refractivity contribution in [3.63, 3.8) is 0 Å². The minimum absolute atomic E-state index is 0.207. The maximum atomic E-state index is 12.3. The van der Waals surface area contributed by atoms with Crippen LogP contribution in [0.5, 0.6) is 0 Å². The number of carbonyl (C=O) groups excluding carboxylic acids is 1. The lowest BCUT2D eigenvalue weighted by Crippen LogP contribution is -2.13. The van der Waals surface area contributed by atoms with Crippen LogP contribution < -0.4 is 5.32 Å². The van der Waals surface area contributed by atoms with Crippen molar-refractivity contribution in [2.75, 3.05) is 5.32 Å². The lowest BCUT2D eigenvalue weighted by atomic mass is 10.1. The molecule has 1 aromatic carbocycles. The molecule has 0 saturated carbocycles. The first-order valence-corrected chi connectivity index (χ1v) is 6.98. The van der Waals surface area contributed by atoms with Gasteiger partial charge in [-0.2, -0.15) is 5.10 Å². The van der Waals surface area contributed by atoms with Crippen molar-refractivity contribution in [1.82, 2.24) is 15.2 Å². The van der Waals surface area contributed by atoms with Gasteiger partial charge >= 0.3 is 0 Å². The number of aryl methyl sites for hydroxylation is 2. The Bertz CT molecular complexity index is 809. The number of hydrogen-bond donors (Lipinski definition) is 2. The van der Waals surface area contributed by atoms with Gasteiger partial charge in [0.25, 0.3) is 5.91 Å². The first-order chi connectivity index (χ1) is 10.6. The number of amides is 1. The summed E-state index contributed by atoms with van der Waals surface area (Å²) in [6.45, 7) is 3.96. The minimum atomic E-state index is -0.207. The summed E-state index contributed by atoms with van der Waals surface area (Å²) in [6.07, 6.45) is 3.39. The van der Waals surface area contributed by atoms with E-state index in [-0.39, 0.29) is 5.91 Å². The molecule has 5 nitrogen and oxygen atoms in total. The van der Waals surface area contributed by atoms with E-state index in [9.17, 15) is 4.79 Å². The molecule has 2 aromatic heterocycles. The molecule has 0 saturated heterocycles. The summed E-state index contributed by atoms with van der Waals surface area (Å²) in [7, 11) is 0. The van der Waals surface area contributed by atoms with E-state index in [1.54, 1.807) is 18.5 Å². The topological polar surface area (TPSA) is 70.7 Å². The van der Waals surface area contributed by atoms with Crippen molar-refractivity contribution in [2.45, 2.75) is 13.8 Å². The predicted molar refractivity (Wildman–Crippen MR) is 85.7 cm³/mol. The first kappa shape index (κ1) is 14.0. The number of H-pyrrole nitrogens is 1. The summed E-state index contributed by atoms with van der Waals surface area (Å²) >= 11 is 0. The molecule has 0 bridgehead atoms. The van der Waals surface area contributed by atoms with Crippen molar-refractivity contribution in [2.24, 2.45) is 0 Å². The number of nitrogens with zero attached hydrogens (tertiary/aromatic N) is 2. The van der Waals surface area contributed by atoms with Gasteiger partial charge in [-0.1, -0.05) is 12.1 Å². The highest BCUT2D eigenvalue weighted by molar-refractivity contribution is 6.03. The molecule has 0 radical (unpaired) electrons. The van der Waals surface area contributed by atoms with Gasteiger partial charge in [0.15, 0.2) is 0 Å². The maximum Gasteiger partial charge on any atom is 0.273 e. The molecule has 3 rings (SSSR count). The standard InChI is InChI=1S/C17H16N4O/c1-11-3-4-12(2)14(9-11)19-17(22)16-10-15(20-21-16)13-5-7-18-8-6-13/h3-10H,1-2H3,(H,19,22)(H,20,21).